The van der Waals surface area contributed by atoms with Crippen LogP contribution in [0.5, 0.6) is 0 Å². The third-order valence-corrected chi connectivity index (χ3v) is 1.54. The molecule has 0 rings (SSSR count). The van der Waals surface area contributed by atoms with Gasteiger partial charge < -0.3 is 29.7 Å². The molecule has 0 aromatic heterocycles. The van der Waals surface area contributed by atoms with Crippen LogP contribution in [-0.2, 0) is 14.4 Å². The van der Waals surface area contributed by atoms with Crippen LogP contribution in [0.4, 0.5) is 0 Å². The second-order valence-electron chi connectivity index (χ2n) is 1.39. The van der Waals surface area contributed by atoms with Gasteiger partial charge in [-0.15, -0.1) is 0 Å². The van der Waals surface area contributed by atoms with Gasteiger partial charge in [0.05, 0.1) is 0 Å². The molecule has 0 saturated carbocycles. The molecule has 0 atom stereocenters. The standard InChI is InChI=1S/C4H9.3CH2O2.Sn/c1-3-4-2;3*2-1-3;/h1,3-4H2,2H3;3*1H,(H,2,3);/q;;;;+3/p-3. The fourth-order valence-corrected chi connectivity index (χ4v) is 1.19. The van der Waals surface area contributed by atoms with Crippen molar-refractivity contribution in [2.45, 2.75) is 24.2 Å². The van der Waals surface area contributed by atoms with Gasteiger partial charge in [-0.1, -0.05) is 0 Å². The van der Waals surface area contributed by atoms with Crippen LogP contribution in [0.2, 0.25) is 4.44 Å². The van der Waals surface area contributed by atoms with Crippen molar-refractivity contribution in [3.8, 4) is 0 Å². The van der Waals surface area contributed by atoms with E-state index in [-0.39, 0.29) is 0 Å². The molecule has 0 aromatic rings. The first kappa shape index (κ1) is 23.2. The van der Waals surface area contributed by atoms with E-state index < -0.39 is 19.4 Å². The SMILES string of the molecule is CCC[CH2][Sn+3].O=C[O-].O=C[O-].O=C[O-]. The van der Waals surface area contributed by atoms with E-state index in [1.165, 1.54) is 17.3 Å². The van der Waals surface area contributed by atoms with Gasteiger partial charge in [0.1, 0.15) is 0 Å². The summed E-state index contributed by atoms with van der Waals surface area (Å²) in [5.74, 6) is 0. The summed E-state index contributed by atoms with van der Waals surface area (Å²) in [6.45, 7) is 0.726. The van der Waals surface area contributed by atoms with Crippen molar-refractivity contribution in [1.82, 2.24) is 0 Å². The van der Waals surface area contributed by atoms with E-state index in [1.807, 2.05) is 0 Å². The van der Waals surface area contributed by atoms with Crippen LogP contribution in [0, 0.1) is 0 Å². The van der Waals surface area contributed by atoms with Crippen molar-refractivity contribution in [1.29, 1.82) is 0 Å². The Morgan fingerprint density at radius 1 is 1.00 bits per heavy atom. The molecule has 0 amide bonds. The fraction of sp³-hybridized carbons (Fsp3) is 0.571. The molecule has 0 aliphatic heterocycles. The number of carbonyl (C=O) groups is 3. The molecule has 14 heavy (non-hydrogen) atoms. The summed E-state index contributed by atoms with van der Waals surface area (Å²) in [7, 11) is 0. The molecule has 6 nitrogen and oxygen atoms in total. The molecule has 80 valence electrons. The average molecular weight is 311 g/mol. The van der Waals surface area contributed by atoms with Crippen molar-refractivity contribution in [2.24, 2.45) is 0 Å². The number of unbranched alkanes of at least 4 members (excludes halogenated alkanes) is 1. The normalized spacial score (nSPS) is 5.64. The van der Waals surface area contributed by atoms with Crippen molar-refractivity contribution in [3.05, 3.63) is 0 Å². The molecule has 0 aliphatic rings. The van der Waals surface area contributed by atoms with Gasteiger partial charge in [-0.3, -0.25) is 0 Å². The fourth-order valence-electron chi connectivity index (χ4n) is 0.177. The minimum Gasteiger partial charge on any atom is -0.554 e. The smallest absolute Gasteiger partial charge is 0.0275 e. The average Bonchev–Trinajstić information content (AvgIpc) is 2.09. The van der Waals surface area contributed by atoms with Gasteiger partial charge in [-0.25, -0.2) is 0 Å². The Morgan fingerprint density at radius 3 is 1.21 bits per heavy atom. The molecular formula is C7H12O6Sn. The van der Waals surface area contributed by atoms with E-state index in [0.29, 0.717) is 0 Å². The summed E-state index contributed by atoms with van der Waals surface area (Å²) in [5, 5.41) is 24.8. The minimum atomic E-state index is -0.500. The zero-order valence-electron chi connectivity index (χ0n) is 7.80. The van der Waals surface area contributed by atoms with Crippen LogP contribution in [0.1, 0.15) is 19.8 Å². The van der Waals surface area contributed by atoms with E-state index >= 15 is 0 Å². The zero-order chi connectivity index (χ0) is 12.2. The Morgan fingerprint density at radius 2 is 1.21 bits per heavy atom. The minimum absolute atomic E-state index is 0.500. The quantitative estimate of drug-likeness (QED) is 0.385. The summed E-state index contributed by atoms with van der Waals surface area (Å²) in [4.78, 5) is 24.8. The molecule has 0 unspecified atom stereocenters. The second-order valence-corrected chi connectivity index (χ2v) is 2.82. The summed E-state index contributed by atoms with van der Waals surface area (Å²) in [6.07, 6.45) is 2.80. The van der Waals surface area contributed by atoms with E-state index in [9.17, 15) is 0 Å². The van der Waals surface area contributed by atoms with Gasteiger partial charge in [-0.05, 0) is 0 Å². The summed E-state index contributed by atoms with van der Waals surface area (Å²) in [6, 6.07) is 0. The molecule has 0 bridgehead atoms. The number of carbonyl (C=O) groups excluding carboxylic acids is 3. The maximum absolute atomic E-state index is 8.25. The Bertz CT molecular complexity index is 81.9. The Balaban J connectivity index is -0.0000000495. The maximum atomic E-state index is 8.25. The molecule has 0 N–H and O–H groups in total. The molecule has 7 heteroatoms. The second kappa shape index (κ2) is 56.5. The zero-order valence-corrected chi connectivity index (χ0v) is 10.7. The van der Waals surface area contributed by atoms with Crippen molar-refractivity contribution < 1.29 is 29.7 Å². The number of carboxylic acid groups (broad SMARTS) is 3. The van der Waals surface area contributed by atoms with E-state index in [4.69, 9.17) is 29.7 Å². The third kappa shape index (κ3) is 800. The topological polar surface area (TPSA) is 120 Å². The maximum Gasteiger partial charge on any atom is 0.0275 e. The van der Waals surface area contributed by atoms with Crippen LogP contribution < -0.4 is 15.3 Å². The van der Waals surface area contributed by atoms with Crippen LogP contribution >= 0.6 is 0 Å². The number of hydrogen-bond donors (Lipinski definition) is 0. The molecule has 0 aliphatic carbocycles. The van der Waals surface area contributed by atoms with E-state index in [2.05, 4.69) is 6.92 Å². The first-order chi connectivity index (χ1) is 6.66. The number of rotatable bonds is 2. The van der Waals surface area contributed by atoms with Gasteiger partial charge in [0.25, 0.3) is 0 Å². The molecule has 0 fully saturated rings. The first-order valence-corrected chi connectivity index (χ1v) is 5.49. The Hall–Kier alpha value is -0.791. The van der Waals surface area contributed by atoms with Crippen LogP contribution in [0.25, 0.3) is 0 Å². The number of hydrogen-bond acceptors (Lipinski definition) is 6. The molecule has 0 radical (unpaired) electrons. The molecule has 0 spiro atoms. The molecule has 0 aromatic carbocycles. The summed E-state index contributed by atoms with van der Waals surface area (Å²) >= 11 is 1.68. The predicted molar refractivity (Wildman–Crippen MR) is 43.7 cm³/mol. The van der Waals surface area contributed by atoms with Crippen LogP contribution in [-0.4, -0.2) is 41.9 Å². The van der Waals surface area contributed by atoms with Gasteiger partial charge >= 0.3 is 46.7 Å². The largest absolute Gasteiger partial charge is 0.554 e. The van der Waals surface area contributed by atoms with Crippen molar-refractivity contribution in [2.75, 3.05) is 0 Å². The summed E-state index contributed by atoms with van der Waals surface area (Å²) in [5.41, 5.74) is 0. The molecule has 0 saturated heterocycles. The first-order valence-electron chi connectivity index (χ1n) is 3.47. The molecule has 0 heterocycles. The van der Waals surface area contributed by atoms with Crippen molar-refractivity contribution in [3.63, 3.8) is 0 Å². The van der Waals surface area contributed by atoms with Gasteiger partial charge in [0.2, 0.25) is 0 Å². The van der Waals surface area contributed by atoms with Gasteiger partial charge in [0, 0.05) is 19.4 Å². The van der Waals surface area contributed by atoms with Crippen molar-refractivity contribution >= 4 is 41.9 Å². The molecular weight excluding hydrogens is 299 g/mol. The van der Waals surface area contributed by atoms with Crippen LogP contribution in [0.15, 0.2) is 0 Å². The Kier molecular flexibility index (Phi) is 93.8. The monoisotopic (exact) mass is 312 g/mol. The predicted octanol–water partition coefficient (Wildman–Crippen LogP) is -3.53. The van der Waals surface area contributed by atoms with Crippen LogP contribution in [0.3, 0.4) is 0 Å². The van der Waals surface area contributed by atoms with E-state index in [0.717, 1.165) is 0 Å². The third-order valence-electron chi connectivity index (χ3n) is 0.530. The Labute approximate surface area is 96.0 Å². The van der Waals surface area contributed by atoms with Gasteiger partial charge in [0.15, 0.2) is 0 Å². The van der Waals surface area contributed by atoms with Gasteiger partial charge in [-0.2, -0.15) is 0 Å². The summed E-state index contributed by atoms with van der Waals surface area (Å²) < 4.78 is 1.43. The van der Waals surface area contributed by atoms with E-state index in [1.54, 1.807) is 22.5 Å².